The molecule has 0 aliphatic heterocycles. The number of sulfonamides is 2. The molecule has 0 aliphatic carbocycles. The highest BCUT2D eigenvalue weighted by Crippen LogP contribution is 2.38. The van der Waals surface area contributed by atoms with Crippen LogP contribution in [0.15, 0.2) is 127 Å². The third-order valence-corrected chi connectivity index (χ3v) is 17.8. The normalized spacial score (nSPS) is 12.2. The average Bonchev–Trinajstić information content (AvgIpc) is 3.28. The van der Waals surface area contributed by atoms with Crippen molar-refractivity contribution in [2.75, 3.05) is 7.05 Å². The van der Waals surface area contributed by atoms with Gasteiger partial charge in [-0.2, -0.15) is 8.61 Å². The Morgan fingerprint density at radius 1 is 0.443 bits per heavy atom. The topological polar surface area (TPSA) is 178 Å². The summed E-state index contributed by atoms with van der Waals surface area (Å²) in [4.78, 5) is 18.6. The van der Waals surface area contributed by atoms with Gasteiger partial charge in [-0.1, -0.05) is 72.8 Å². The standard InChI is InChI=1S/C27H31N5O2S2.C25H27N5O2S2/c1-16(2)32(17(3)4)36(33,34)24-15-21(13-12-18(24)5)25-22-10-8-9-11-23(22)26(31-30-25)35-27-28-19(6)14-20(7)29-27;1-15(2)30(6)34(31,32)22-14-19(12-11-16(22)3)23-20-9-7-8-10-21(20)24(29-28-23)33-25-26-17(4)13-18(5)27-25/h8-17H,1-7H3;7-15H,1-6H3. The number of fused-ring (bicyclic) bond motifs is 2. The van der Waals surface area contributed by atoms with E-state index >= 15 is 0 Å². The maximum Gasteiger partial charge on any atom is 0.243 e. The zero-order chi connectivity index (χ0) is 50.8. The fraction of sp³-hybridized carbons (Fsp3) is 0.308. The van der Waals surface area contributed by atoms with E-state index in [0.29, 0.717) is 54.0 Å². The molecule has 4 heterocycles. The first-order chi connectivity index (χ1) is 33.1. The monoisotopic (exact) mass is 1010 g/mol. The lowest BCUT2D eigenvalue weighted by molar-refractivity contribution is 0.302. The number of hydrogen-bond acceptors (Lipinski definition) is 14. The van der Waals surface area contributed by atoms with Gasteiger partial charge < -0.3 is 0 Å². The lowest BCUT2D eigenvalue weighted by Crippen LogP contribution is -2.42. The van der Waals surface area contributed by atoms with Crippen molar-refractivity contribution in [3.63, 3.8) is 0 Å². The summed E-state index contributed by atoms with van der Waals surface area (Å²) in [5.41, 5.74) is 7.62. The lowest BCUT2D eigenvalue weighted by atomic mass is 10.0. The van der Waals surface area contributed by atoms with E-state index in [4.69, 9.17) is 0 Å². The number of hydrogen-bond donors (Lipinski definition) is 0. The summed E-state index contributed by atoms with van der Waals surface area (Å²) in [6.45, 7) is 22.7. The van der Waals surface area contributed by atoms with Crippen LogP contribution in [0.4, 0.5) is 0 Å². The Bertz CT molecular complexity index is 3430. The van der Waals surface area contributed by atoms with Gasteiger partial charge >= 0.3 is 0 Å². The van der Waals surface area contributed by atoms with Crippen molar-refractivity contribution in [1.82, 2.24) is 48.9 Å². The van der Waals surface area contributed by atoms with E-state index in [2.05, 4.69) is 40.3 Å². The Hall–Kier alpha value is -5.76. The van der Waals surface area contributed by atoms with Crippen molar-refractivity contribution in [1.29, 1.82) is 0 Å². The number of rotatable bonds is 13. The van der Waals surface area contributed by atoms with Crippen molar-refractivity contribution in [3.8, 4) is 22.5 Å². The first kappa shape index (κ1) is 52.1. The Labute approximate surface area is 420 Å². The van der Waals surface area contributed by atoms with Crippen LogP contribution in [0.2, 0.25) is 0 Å². The molecular weight excluding hydrogens is 957 g/mol. The third kappa shape index (κ3) is 11.2. The van der Waals surface area contributed by atoms with E-state index < -0.39 is 20.0 Å². The second-order valence-corrected chi connectivity index (χ2v) is 23.7. The molecule has 0 amide bonds. The summed E-state index contributed by atoms with van der Waals surface area (Å²) < 4.78 is 56.7. The van der Waals surface area contributed by atoms with Gasteiger partial charge in [0, 0.05) is 80.6 Å². The summed E-state index contributed by atoms with van der Waals surface area (Å²) in [5.74, 6) is 0. The predicted octanol–water partition coefficient (Wildman–Crippen LogP) is 11.2. The summed E-state index contributed by atoms with van der Waals surface area (Å²) in [6.07, 6.45) is 0. The molecule has 18 heteroatoms. The molecule has 14 nitrogen and oxygen atoms in total. The molecule has 0 fully saturated rings. The number of aromatic nitrogens is 8. The molecular formula is C52H58N10O4S4. The fourth-order valence-electron chi connectivity index (χ4n) is 8.14. The zero-order valence-electron chi connectivity index (χ0n) is 41.7. The molecule has 70 heavy (non-hydrogen) atoms. The van der Waals surface area contributed by atoms with Crippen LogP contribution in [-0.2, 0) is 20.0 Å². The van der Waals surface area contributed by atoms with Gasteiger partial charge in [-0.3, -0.25) is 0 Å². The van der Waals surface area contributed by atoms with Gasteiger partial charge in [-0.25, -0.2) is 36.8 Å². The molecule has 4 aromatic carbocycles. The first-order valence-corrected chi connectivity index (χ1v) is 27.3. The van der Waals surface area contributed by atoms with Crippen LogP contribution in [0, 0.1) is 41.5 Å². The molecule has 4 aromatic heterocycles. The van der Waals surface area contributed by atoms with E-state index in [9.17, 15) is 16.8 Å². The molecule has 364 valence electrons. The number of aryl methyl sites for hydroxylation is 6. The Morgan fingerprint density at radius 3 is 1.16 bits per heavy atom. The maximum atomic E-state index is 13.7. The highest BCUT2D eigenvalue weighted by atomic mass is 32.2. The molecule has 8 aromatic rings. The molecule has 0 saturated carbocycles. The van der Waals surface area contributed by atoms with Crippen LogP contribution >= 0.6 is 23.5 Å². The molecule has 0 radical (unpaired) electrons. The molecule has 0 bridgehead atoms. The van der Waals surface area contributed by atoms with Crippen molar-refractivity contribution < 1.29 is 16.8 Å². The van der Waals surface area contributed by atoms with Crippen LogP contribution < -0.4 is 0 Å². The van der Waals surface area contributed by atoms with E-state index in [1.165, 1.54) is 27.8 Å². The molecule has 0 unspecified atom stereocenters. The third-order valence-electron chi connectivity index (χ3n) is 11.5. The second-order valence-electron chi connectivity index (χ2n) is 18.0. The predicted molar refractivity (Wildman–Crippen MR) is 280 cm³/mol. The lowest BCUT2D eigenvalue weighted by Gasteiger charge is -2.30. The molecule has 8 rings (SSSR count). The molecule has 0 saturated heterocycles. The Kier molecular flexibility index (Phi) is 15.8. The minimum atomic E-state index is -3.71. The largest absolute Gasteiger partial charge is 0.243 e. The summed E-state index contributed by atoms with van der Waals surface area (Å²) in [7, 11) is -5.75. The quantitative estimate of drug-likeness (QED) is 0.0996. The average molecular weight is 1020 g/mol. The van der Waals surface area contributed by atoms with Gasteiger partial charge in [0.25, 0.3) is 0 Å². The highest BCUT2D eigenvalue weighted by molar-refractivity contribution is 7.99. The van der Waals surface area contributed by atoms with Crippen molar-refractivity contribution in [3.05, 3.63) is 131 Å². The molecule has 0 N–H and O–H groups in total. The van der Waals surface area contributed by atoms with Gasteiger partial charge in [-0.15, -0.1) is 20.4 Å². The Morgan fingerprint density at radius 2 is 0.800 bits per heavy atom. The van der Waals surface area contributed by atoms with Crippen LogP contribution in [-0.4, -0.2) is 90.9 Å². The SMILES string of the molecule is Cc1cc(C)nc(Sc2nnc(-c3ccc(C)c(S(=O)(=O)N(C(C)C)C(C)C)c3)c3ccccc23)n1.Cc1cc(C)nc(Sc2nnc(-c3ccc(C)c(S(=O)(=O)N(C)C(C)C)c3)c3ccccc23)n1. The van der Waals surface area contributed by atoms with Gasteiger partial charge in [-0.05, 0) is 142 Å². The van der Waals surface area contributed by atoms with E-state index in [1.807, 2.05) is 161 Å². The van der Waals surface area contributed by atoms with Crippen LogP contribution in [0.3, 0.4) is 0 Å². The van der Waals surface area contributed by atoms with Crippen molar-refractivity contribution in [2.24, 2.45) is 0 Å². The van der Waals surface area contributed by atoms with Crippen molar-refractivity contribution >= 4 is 65.1 Å². The summed E-state index contributed by atoms with van der Waals surface area (Å²) >= 11 is 2.74. The van der Waals surface area contributed by atoms with Crippen LogP contribution in [0.1, 0.15) is 75.4 Å². The smallest absolute Gasteiger partial charge is 0.228 e. The summed E-state index contributed by atoms with van der Waals surface area (Å²) in [6, 6.07) is 29.9. The number of nitrogens with zero attached hydrogens (tertiary/aromatic N) is 10. The van der Waals surface area contributed by atoms with E-state index in [1.54, 1.807) is 30.4 Å². The van der Waals surface area contributed by atoms with Gasteiger partial charge in [0.2, 0.25) is 20.0 Å². The minimum absolute atomic E-state index is 0.155. The number of benzene rings is 4. The second kappa shape index (κ2) is 21.3. The van der Waals surface area contributed by atoms with E-state index in [-0.39, 0.29) is 27.9 Å². The van der Waals surface area contributed by atoms with Gasteiger partial charge in [0.15, 0.2) is 10.3 Å². The van der Waals surface area contributed by atoms with E-state index in [0.717, 1.165) is 44.3 Å². The maximum absolute atomic E-state index is 13.7. The Balaban J connectivity index is 0.000000207. The fourth-order valence-corrected chi connectivity index (χ4v) is 13.7. The first-order valence-electron chi connectivity index (χ1n) is 22.8. The van der Waals surface area contributed by atoms with Gasteiger partial charge in [0.05, 0.1) is 9.79 Å². The molecule has 0 aliphatic rings. The summed E-state index contributed by atoms with van der Waals surface area (Å²) in [5, 5.41) is 24.3. The molecule has 0 spiro atoms. The van der Waals surface area contributed by atoms with Crippen molar-refractivity contribution in [2.45, 2.75) is 131 Å². The highest BCUT2D eigenvalue weighted by Gasteiger charge is 2.31. The molecule has 0 atom stereocenters. The van der Waals surface area contributed by atoms with Gasteiger partial charge in [0.1, 0.15) is 21.4 Å². The van der Waals surface area contributed by atoms with Crippen LogP contribution in [0.5, 0.6) is 0 Å². The minimum Gasteiger partial charge on any atom is -0.228 e. The van der Waals surface area contributed by atoms with Crippen LogP contribution in [0.25, 0.3) is 44.1 Å². The zero-order valence-corrected chi connectivity index (χ0v) is 45.0.